The fourth-order valence-corrected chi connectivity index (χ4v) is 2.13. The lowest BCUT2D eigenvalue weighted by Crippen LogP contribution is -2.53. The van der Waals surface area contributed by atoms with Gasteiger partial charge in [-0.3, -0.25) is 4.79 Å². The van der Waals surface area contributed by atoms with E-state index in [1.54, 1.807) is 0 Å². The number of thiocarbonyl (C=S) groups is 1. The molecule has 1 aliphatic rings. The smallest absolute Gasteiger partial charge is 0.233 e. The second-order valence-corrected chi connectivity index (χ2v) is 6.31. The van der Waals surface area contributed by atoms with Gasteiger partial charge in [-0.15, -0.1) is 0 Å². The zero-order valence-electron chi connectivity index (χ0n) is 10.4. The first-order chi connectivity index (χ1) is 7.28. The molecule has 1 amide bonds. The number of amides is 1. The number of nitrogens with two attached hydrogens (primary N) is 1. The molecule has 1 saturated carbocycles. The molecule has 3 N–H and O–H groups in total. The van der Waals surface area contributed by atoms with Crippen molar-refractivity contribution in [1.29, 1.82) is 0 Å². The predicted octanol–water partition coefficient (Wildman–Crippen LogP) is 2.00. The van der Waals surface area contributed by atoms with Crippen LogP contribution in [0.3, 0.4) is 0 Å². The molecule has 0 aromatic heterocycles. The molecule has 0 saturated heterocycles. The largest absolute Gasteiger partial charge is 0.392 e. The second-order valence-electron chi connectivity index (χ2n) is 5.87. The van der Waals surface area contributed by atoms with Crippen LogP contribution in [0.1, 0.15) is 46.5 Å². The fourth-order valence-electron chi connectivity index (χ4n) is 1.84. The van der Waals surface area contributed by atoms with Gasteiger partial charge in [0.15, 0.2) is 0 Å². The number of hydrogen-bond acceptors (Lipinski definition) is 2. The molecule has 0 heterocycles. The molecule has 0 aliphatic heterocycles. The Kier molecular flexibility index (Phi) is 3.94. The maximum Gasteiger partial charge on any atom is 0.233 e. The van der Waals surface area contributed by atoms with Crippen LogP contribution in [0.2, 0.25) is 0 Å². The highest BCUT2D eigenvalue weighted by molar-refractivity contribution is 7.80. The Hall–Kier alpha value is -0.640. The van der Waals surface area contributed by atoms with E-state index < -0.39 is 5.41 Å². The van der Waals surface area contributed by atoms with Crippen LogP contribution in [0.25, 0.3) is 0 Å². The van der Waals surface area contributed by atoms with Crippen LogP contribution in [0.5, 0.6) is 0 Å². The van der Waals surface area contributed by atoms with Crippen molar-refractivity contribution < 1.29 is 4.79 Å². The molecular formula is C12H22N2OS. The number of nitrogens with one attached hydrogen (secondary N) is 1. The highest BCUT2D eigenvalue weighted by atomic mass is 32.1. The molecule has 16 heavy (non-hydrogen) atoms. The summed E-state index contributed by atoms with van der Waals surface area (Å²) in [5.74, 6) is 0.0236. The van der Waals surface area contributed by atoms with E-state index in [2.05, 4.69) is 26.1 Å². The first kappa shape index (κ1) is 13.4. The van der Waals surface area contributed by atoms with Crippen LogP contribution in [-0.2, 0) is 4.79 Å². The first-order valence-electron chi connectivity index (χ1n) is 5.86. The zero-order chi connectivity index (χ0) is 12.4. The van der Waals surface area contributed by atoms with Crippen LogP contribution in [0.4, 0.5) is 0 Å². The van der Waals surface area contributed by atoms with E-state index in [1.165, 1.54) is 0 Å². The lowest BCUT2D eigenvalue weighted by molar-refractivity contribution is -0.130. The minimum absolute atomic E-state index is 0.0236. The second kappa shape index (κ2) is 4.70. The molecule has 0 radical (unpaired) electrons. The van der Waals surface area contributed by atoms with Crippen molar-refractivity contribution in [1.82, 2.24) is 5.32 Å². The standard InChI is InChI=1S/C12H22N2OS/c1-11(2,3)7-8-14-10(15)12(9(13)16)5-4-6-12/h4-8H2,1-3H3,(H2,13,16)(H,14,15). The fraction of sp³-hybridized carbons (Fsp3) is 0.833. The molecule has 1 fully saturated rings. The topological polar surface area (TPSA) is 55.1 Å². The monoisotopic (exact) mass is 242 g/mol. The van der Waals surface area contributed by atoms with Gasteiger partial charge in [0.2, 0.25) is 5.91 Å². The van der Waals surface area contributed by atoms with Gasteiger partial charge in [-0.2, -0.15) is 0 Å². The Morgan fingerprint density at radius 3 is 2.31 bits per heavy atom. The number of rotatable bonds is 4. The Morgan fingerprint density at radius 1 is 1.44 bits per heavy atom. The Labute approximate surface area is 103 Å². The van der Waals surface area contributed by atoms with Crippen molar-refractivity contribution in [3.63, 3.8) is 0 Å². The van der Waals surface area contributed by atoms with E-state index in [-0.39, 0.29) is 11.3 Å². The maximum absolute atomic E-state index is 12.0. The van der Waals surface area contributed by atoms with Gasteiger partial charge < -0.3 is 11.1 Å². The highest BCUT2D eigenvalue weighted by Crippen LogP contribution is 2.41. The van der Waals surface area contributed by atoms with Crippen LogP contribution in [-0.4, -0.2) is 17.4 Å². The van der Waals surface area contributed by atoms with Gasteiger partial charge in [0.25, 0.3) is 0 Å². The van der Waals surface area contributed by atoms with Crippen LogP contribution in [0, 0.1) is 10.8 Å². The molecule has 0 spiro atoms. The molecule has 0 atom stereocenters. The number of carbonyl (C=O) groups excluding carboxylic acids is 1. The lowest BCUT2D eigenvalue weighted by atomic mass is 9.68. The summed E-state index contributed by atoms with van der Waals surface area (Å²) in [4.78, 5) is 12.3. The van der Waals surface area contributed by atoms with E-state index >= 15 is 0 Å². The summed E-state index contributed by atoms with van der Waals surface area (Å²) < 4.78 is 0. The molecule has 0 aromatic carbocycles. The van der Waals surface area contributed by atoms with E-state index in [0.717, 1.165) is 25.7 Å². The number of hydrogen-bond donors (Lipinski definition) is 2. The minimum atomic E-state index is -0.535. The van der Waals surface area contributed by atoms with Gasteiger partial charge in [0, 0.05) is 6.54 Å². The molecule has 4 heteroatoms. The van der Waals surface area contributed by atoms with Crippen LogP contribution in [0.15, 0.2) is 0 Å². The third kappa shape index (κ3) is 2.94. The first-order valence-corrected chi connectivity index (χ1v) is 6.27. The van der Waals surface area contributed by atoms with Gasteiger partial charge in [0.1, 0.15) is 0 Å². The van der Waals surface area contributed by atoms with E-state index in [4.69, 9.17) is 18.0 Å². The van der Waals surface area contributed by atoms with E-state index in [1.807, 2.05) is 0 Å². The third-order valence-corrected chi connectivity index (χ3v) is 3.66. The van der Waals surface area contributed by atoms with Gasteiger partial charge in [0.05, 0.1) is 10.4 Å². The van der Waals surface area contributed by atoms with Gasteiger partial charge >= 0.3 is 0 Å². The maximum atomic E-state index is 12.0. The summed E-state index contributed by atoms with van der Waals surface area (Å²) in [7, 11) is 0. The third-order valence-electron chi connectivity index (χ3n) is 3.27. The van der Waals surface area contributed by atoms with Gasteiger partial charge in [-0.1, -0.05) is 39.4 Å². The molecule has 1 rings (SSSR count). The number of carbonyl (C=O) groups is 1. The van der Waals surface area contributed by atoms with Gasteiger partial charge in [-0.25, -0.2) is 0 Å². The summed E-state index contributed by atoms with van der Waals surface area (Å²) >= 11 is 5.00. The highest BCUT2D eigenvalue weighted by Gasteiger charge is 2.46. The van der Waals surface area contributed by atoms with Crippen LogP contribution >= 0.6 is 12.2 Å². The molecule has 3 nitrogen and oxygen atoms in total. The molecule has 1 aliphatic carbocycles. The van der Waals surface area contributed by atoms with Crippen molar-refractivity contribution in [2.24, 2.45) is 16.6 Å². The Balaban J connectivity index is 2.43. The van der Waals surface area contributed by atoms with Crippen molar-refractivity contribution in [3.8, 4) is 0 Å². The summed E-state index contributed by atoms with van der Waals surface area (Å²) in [6, 6.07) is 0. The Morgan fingerprint density at radius 2 is 2.00 bits per heavy atom. The molecular weight excluding hydrogens is 220 g/mol. The van der Waals surface area contributed by atoms with Crippen molar-refractivity contribution >= 4 is 23.1 Å². The van der Waals surface area contributed by atoms with Crippen molar-refractivity contribution in [2.45, 2.75) is 46.5 Å². The Bertz CT molecular complexity index is 290. The zero-order valence-corrected chi connectivity index (χ0v) is 11.2. The van der Waals surface area contributed by atoms with Gasteiger partial charge in [-0.05, 0) is 24.7 Å². The molecule has 0 bridgehead atoms. The van der Waals surface area contributed by atoms with Crippen molar-refractivity contribution in [2.75, 3.05) is 6.54 Å². The molecule has 0 unspecified atom stereocenters. The normalized spacial score (nSPS) is 18.7. The molecule has 0 aromatic rings. The predicted molar refractivity (Wildman–Crippen MR) is 70.2 cm³/mol. The summed E-state index contributed by atoms with van der Waals surface area (Å²) in [5.41, 5.74) is 5.37. The average Bonchev–Trinajstić information content (AvgIpc) is 1.97. The summed E-state index contributed by atoms with van der Waals surface area (Å²) in [6.07, 6.45) is 3.63. The summed E-state index contributed by atoms with van der Waals surface area (Å²) in [6.45, 7) is 7.18. The SMILES string of the molecule is CC(C)(C)CCNC(=O)C1(C(N)=S)CCC1. The summed E-state index contributed by atoms with van der Waals surface area (Å²) in [5, 5.41) is 2.96. The van der Waals surface area contributed by atoms with E-state index in [9.17, 15) is 4.79 Å². The average molecular weight is 242 g/mol. The van der Waals surface area contributed by atoms with E-state index in [0.29, 0.717) is 11.5 Å². The molecule has 92 valence electrons. The quantitative estimate of drug-likeness (QED) is 0.741. The van der Waals surface area contributed by atoms with Crippen LogP contribution < -0.4 is 11.1 Å². The lowest BCUT2D eigenvalue weighted by Gasteiger charge is -2.39. The minimum Gasteiger partial charge on any atom is -0.392 e. The van der Waals surface area contributed by atoms with Crippen molar-refractivity contribution in [3.05, 3.63) is 0 Å².